The van der Waals surface area contributed by atoms with Crippen LogP contribution in [0.4, 0.5) is 0 Å². The van der Waals surface area contributed by atoms with E-state index in [0.29, 0.717) is 12.8 Å². The van der Waals surface area contributed by atoms with Gasteiger partial charge in [0.2, 0.25) is 5.91 Å². The van der Waals surface area contributed by atoms with E-state index in [1.807, 2.05) is 0 Å². The van der Waals surface area contributed by atoms with E-state index in [4.69, 9.17) is 0 Å². The monoisotopic (exact) mass is 219 g/mol. The Hall–Kier alpha value is -0.840. The zero-order valence-electron chi connectivity index (χ0n) is 8.45. The molecule has 1 amide bonds. The number of rotatable bonds is 7. The first kappa shape index (κ1) is 13.2. The SMILES string of the molecule is C=CCCC(=O)NCCS(=O)(=O)CC. The predicted octanol–water partition coefficient (Wildman–Crippen LogP) is 0.503. The lowest BCUT2D eigenvalue weighted by Gasteiger charge is -2.03. The molecule has 0 rings (SSSR count). The first-order valence-corrected chi connectivity index (χ1v) is 6.42. The summed E-state index contributed by atoms with van der Waals surface area (Å²) in [6.07, 6.45) is 2.64. The molecule has 4 nitrogen and oxygen atoms in total. The number of sulfone groups is 1. The Morgan fingerprint density at radius 1 is 1.50 bits per heavy atom. The van der Waals surface area contributed by atoms with E-state index in [0.717, 1.165) is 0 Å². The van der Waals surface area contributed by atoms with Crippen LogP contribution >= 0.6 is 0 Å². The van der Waals surface area contributed by atoms with Crippen molar-refractivity contribution in [3.63, 3.8) is 0 Å². The van der Waals surface area contributed by atoms with Crippen molar-refractivity contribution in [1.29, 1.82) is 0 Å². The molecule has 0 aromatic rings. The van der Waals surface area contributed by atoms with Crippen LogP contribution in [0, 0.1) is 0 Å². The Bertz CT molecular complexity index is 282. The Morgan fingerprint density at radius 2 is 2.14 bits per heavy atom. The number of carbonyl (C=O) groups is 1. The fourth-order valence-corrected chi connectivity index (χ4v) is 1.51. The summed E-state index contributed by atoms with van der Waals surface area (Å²) in [4.78, 5) is 11.0. The molecule has 0 radical (unpaired) electrons. The summed E-state index contributed by atoms with van der Waals surface area (Å²) < 4.78 is 22.1. The van der Waals surface area contributed by atoms with Crippen molar-refractivity contribution in [3.05, 3.63) is 12.7 Å². The third-order valence-electron chi connectivity index (χ3n) is 1.75. The third-order valence-corrected chi connectivity index (χ3v) is 3.46. The molecule has 0 aromatic heterocycles. The standard InChI is InChI=1S/C9H17NO3S/c1-3-5-6-9(11)10-7-8-14(12,13)4-2/h3H,1,4-8H2,2H3,(H,10,11). The molecule has 0 aliphatic carbocycles. The van der Waals surface area contributed by atoms with Crippen LogP contribution in [0.5, 0.6) is 0 Å². The van der Waals surface area contributed by atoms with Crippen molar-refractivity contribution in [3.8, 4) is 0 Å². The smallest absolute Gasteiger partial charge is 0.220 e. The van der Waals surface area contributed by atoms with Gasteiger partial charge in [0.05, 0.1) is 5.75 Å². The predicted molar refractivity (Wildman–Crippen MR) is 56.8 cm³/mol. The summed E-state index contributed by atoms with van der Waals surface area (Å²) >= 11 is 0. The first-order valence-electron chi connectivity index (χ1n) is 4.60. The van der Waals surface area contributed by atoms with Crippen LogP contribution in [0.3, 0.4) is 0 Å². The van der Waals surface area contributed by atoms with E-state index >= 15 is 0 Å². The molecule has 0 saturated carbocycles. The van der Waals surface area contributed by atoms with E-state index in [-0.39, 0.29) is 24.0 Å². The molecular formula is C9H17NO3S. The van der Waals surface area contributed by atoms with E-state index in [9.17, 15) is 13.2 Å². The zero-order chi connectivity index (χ0) is 11.0. The molecule has 0 aromatic carbocycles. The largest absolute Gasteiger partial charge is 0.355 e. The molecule has 0 bridgehead atoms. The van der Waals surface area contributed by atoms with Crippen LogP contribution in [0.1, 0.15) is 19.8 Å². The summed E-state index contributed by atoms with van der Waals surface area (Å²) in [5.41, 5.74) is 0. The Labute approximate surface area is 85.3 Å². The van der Waals surface area contributed by atoms with Gasteiger partial charge in [-0.3, -0.25) is 4.79 Å². The first-order chi connectivity index (χ1) is 6.52. The minimum Gasteiger partial charge on any atom is -0.355 e. The molecule has 0 spiro atoms. The van der Waals surface area contributed by atoms with Gasteiger partial charge >= 0.3 is 0 Å². The van der Waals surface area contributed by atoms with Gasteiger partial charge in [-0.05, 0) is 6.42 Å². The Morgan fingerprint density at radius 3 is 2.64 bits per heavy atom. The second-order valence-electron chi connectivity index (χ2n) is 2.91. The average Bonchev–Trinajstić information content (AvgIpc) is 2.14. The summed E-state index contributed by atoms with van der Waals surface area (Å²) in [6, 6.07) is 0. The summed E-state index contributed by atoms with van der Waals surface area (Å²) in [7, 11) is -2.97. The summed E-state index contributed by atoms with van der Waals surface area (Å²) in [5.74, 6) is 0.00924. The lowest BCUT2D eigenvalue weighted by molar-refractivity contribution is -0.120. The van der Waals surface area contributed by atoms with Gasteiger partial charge in [-0.15, -0.1) is 6.58 Å². The highest BCUT2D eigenvalue weighted by molar-refractivity contribution is 7.91. The number of amides is 1. The number of hydrogen-bond donors (Lipinski definition) is 1. The third kappa shape index (κ3) is 6.65. The Kier molecular flexibility index (Phi) is 6.19. The van der Waals surface area contributed by atoms with Gasteiger partial charge in [-0.25, -0.2) is 8.42 Å². The molecule has 1 N–H and O–H groups in total. The fourth-order valence-electron chi connectivity index (χ4n) is 0.812. The minimum atomic E-state index is -2.97. The van der Waals surface area contributed by atoms with Crippen molar-refractivity contribution >= 4 is 15.7 Å². The van der Waals surface area contributed by atoms with E-state index < -0.39 is 9.84 Å². The maximum absolute atomic E-state index is 11.0. The number of carbonyl (C=O) groups excluding carboxylic acids is 1. The quantitative estimate of drug-likeness (QED) is 0.634. The van der Waals surface area contributed by atoms with Crippen LogP contribution < -0.4 is 5.32 Å². The van der Waals surface area contributed by atoms with Crippen molar-refractivity contribution in [2.75, 3.05) is 18.1 Å². The van der Waals surface area contributed by atoms with E-state index in [2.05, 4.69) is 11.9 Å². The lowest BCUT2D eigenvalue weighted by atomic mass is 10.3. The second-order valence-corrected chi connectivity index (χ2v) is 5.39. The summed E-state index contributed by atoms with van der Waals surface area (Å²) in [6.45, 7) is 5.28. The fraction of sp³-hybridized carbons (Fsp3) is 0.667. The van der Waals surface area contributed by atoms with Crippen molar-refractivity contribution < 1.29 is 13.2 Å². The van der Waals surface area contributed by atoms with Crippen molar-refractivity contribution in [2.45, 2.75) is 19.8 Å². The summed E-state index contributed by atoms with van der Waals surface area (Å²) in [5, 5.41) is 2.54. The van der Waals surface area contributed by atoms with Gasteiger partial charge in [-0.1, -0.05) is 13.0 Å². The van der Waals surface area contributed by atoms with Crippen LogP contribution in [0.25, 0.3) is 0 Å². The molecule has 14 heavy (non-hydrogen) atoms. The molecule has 0 aliphatic heterocycles. The van der Waals surface area contributed by atoms with Gasteiger partial charge in [0.25, 0.3) is 0 Å². The number of nitrogens with one attached hydrogen (secondary N) is 1. The molecule has 0 atom stereocenters. The maximum atomic E-state index is 11.0. The average molecular weight is 219 g/mol. The molecule has 82 valence electrons. The van der Waals surface area contributed by atoms with Gasteiger partial charge in [0.15, 0.2) is 9.84 Å². The molecule has 0 fully saturated rings. The zero-order valence-corrected chi connectivity index (χ0v) is 9.27. The lowest BCUT2D eigenvalue weighted by Crippen LogP contribution is -2.29. The highest BCUT2D eigenvalue weighted by atomic mass is 32.2. The molecule has 0 unspecified atom stereocenters. The normalized spacial score (nSPS) is 10.9. The molecule has 0 saturated heterocycles. The number of allylic oxidation sites excluding steroid dienone is 1. The Balaban J connectivity index is 3.64. The second kappa shape index (κ2) is 6.59. The van der Waals surface area contributed by atoms with Crippen LogP contribution in [-0.2, 0) is 14.6 Å². The molecule has 0 heterocycles. The van der Waals surface area contributed by atoms with Crippen molar-refractivity contribution in [2.24, 2.45) is 0 Å². The maximum Gasteiger partial charge on any atom is 0.220 e. The highest BCUT2D eigenvalue weighted by Crippen LogP contribution is 1.90. The molecule has 0 aliphatic rings. The van der Waals surface area contributed by atoms with Gasteiger partial charge in [-0.2, -0.15) is 0 Å². The van der Waals surface area contributed by atoms with Gasteiger partial charge in [0.1, 0.15) is 0 Å². The molecule has 5 heteroatoms. The molecular weight excluding hydrogens is 202 g/mol. The van der Waals surface area contributed by atoms with Crippen molar-refractivity contribution in [1.82, 2.24) is 5.32 Å². The van der Waals surface area contributed by atoms with E-state index in [1.165, 1.54) is 0 Å². The van der Waals surface area contributed by atoms with E-state index in [1.54, 1.807) is 13.0 Å². The van der Waals surface area contributed by atoms with Crippen LogP contribution in [0.2, 0.25) is 0 Å². The van der Waals surface area contributed by atoms with Gasteiger partial charge in [0, 0.05) is 18.7 Å². The van der Waals surface area contributed by atoms with Crippen LogP contribution in [0.15, 0.2) is 12.7 Å². The van der Waals surface area contributed by atoms with Crippen LogP contribution in [-0.4, -0.2) is 32.4 Å². The minimum absolute atomic E-state index is 0.0172. The van der Waals surface area contributed by atoms with Gasteiger partial charge < -0.3 is 5.32 Å². The number of hydrogen-bond acceptors (Lipinski definition) is 3. The highest BCUT2D eigenvalue weighted by Gasteiger charge is 2.07. The topological polar surface area (TPSA) is 63.2 Å².